The Morgan fingerprint density at radius 1 is 1.21 bits per heavy atom. The number of aliphatic hydroxyl groups excluding tert-OH is 1. The fraction of sp³-hybridized carbons (Fsp3) is 0.824. The number of nitrogens with zero attached hydrogens (tertiary/aromatic N) is 1. The van der Waals surface area contributed by atoms with E-state index < -0.39 is 24.1 Å². The molecule has 7 heteroatoms. The molecule has 0 aromatic carbocycles. The highest BCUT2D eigenvalue weighted by molar-refractivity contribution is 6.04. The normalized spacial score (nSPS) is 19.5. The summed E-state index contributed by atoms with van der Waals surface area (Å²) in [7, 11) is 0. The summed E-state index contributed by atoms with van der Waals surface area (Å²) < 4.78 is 0. The number of aliphatic hydroxyl groups is 1. The van der Waals surface area contributed by atoms with Crippen LogP contribution in [-0.2, 0) is 9.59 Å². The van der Waals surface area contributed by atoms with E-state index in [2.05, 4.69) is 5.32 Å². The molecule has 0 radical (unpaired) electrons. The van der Waals surface area contributed by atoms with Gasteiger partial charge in [0.2, 0.25) is 0 Å². The van der Waals surface area contributed by atoms with Crippen molar-refractivity contribution in [3.63, 3.8) is 0 Å². The number of unbranched alkanes of at least 4 members (excludes halogenated alkanes) is 3. The summed E-state index contributed by atoms with van der Waals surface area (Å²) >= 11 is 0. The van der Waals surface area contributed by atoms with Crippen molar-refractivity contribution in [3.05, 3.63) is 0 Å². The fourth-order valence-corrected chi connectivity index (χ4v) is 2.75. The summed E-state index contributed by atoms with van der Waals surface area (Å²) in [6.07, 6.45) is 3.66. The Morgan fingerprint density at radius 3 is 2.42 bits per heavy atom. The molecule has 1 fully saturated rings. The molecule has 138 valence electrons. The third-order valence-electron chi connectivity index (χ3n) is 4.43. The molecule has 3 N–H and O–H groups in total. The van der Waals surface area contributed by atoms with Crippen LogP contribution < -0.4 is 5.32 Å². The van der Waals surface area contributed by atoms with Crippen LogP contribution in [0.2, 0.25) is 0 Å². The lowest BCUT2D eigenvalue weighted by Gasteiger charge is -2.29. The van der Waals surface area contributed by atoms with Crippen molar-refractivity contribution in [2.75, 3.05) is 6.54 Å². The van der Waals surface area contributed by atoms with Gasteiger partial charge in [0.15, 0.2) is 0 Å². The second kappa shape index (κ2) is 9.01. The summed E-state index contributed by atoms with van der Waals surface area (Å²) in [5.74, 6) is -1.07. The van der Waals surface area contributed by atoms with Crippen molar-refractivity contribution < 1.29 is 24.6 Å². The van der Waals surface area contributed by atoms with Crippen molar-refractivity contribution >= 4 is 17.9 Å². The first-order chi connectivity index (χ1) is 11.1. The largest absolute Gasteiger partial charge is 0.481 e. The van der Waals surface area contributed by atoms with Gasteiger partial charge >= 0.3 is 12.0 Å². The van der Waals surface area contributed by atoms with E-state index in [1.807, 2.05) is 20.8 Å². The number of nitrogens with one attached hydrogen (secondary N) is 1. The van der Waals surface area contributed by atoms with Crippen molar-refractivity contribution in [1.29, 1.82) is 0 Å². The number of rotatable bonds is 10. The average molecular weight is 342 g/mol. The van der Waals surface area contributed by atoms with E-state index in [0.717, 1.165) is 19.3 Å². The van der Waals surface area contributed by atoms with E-state index in [9.17, 15) is 19.5 Å². The number of carbonyl (C=O) groups is 3. The zero-order valence-electron chi connectivity index (χ0n) is 14.9. The molecule has 2 unspecified atom stereocenters. The molecule has 1 aliphatic heterocycles. The number of urea groups is 1. The van der Waals surface area contributed by atoms with Gasteiger partial charge in [-0.25, -0.2) is 4.79 Å². The highest BCUT2D eigenvalue weighted by atomic mass is 16.4. The van der Waals surface area contributed by atoms with Crippen molar-refractivity contribution in [1.82, 2.24) is 10.2 Å². The first-order valence-electron chi connectivity index (χ1n) is 8.64. The third kappa shape index (κ3) is 6.47. The maximum absolute atomic E-state index is 11.9. The molecular weight excluding hydrogens is 312 g/mol. The van der Waals surface area contributed by atoms with Crippen LogP contribution in [0.3, 0.4) is 0 Å². The quantitative estimate of drug-likeness (QED) is 0.416. The van der Waals surface area contributed by atoms with Gasteiger partial charge in [-0.3, -0.25) is 14.9 Å². The summed E-state index contributed by atoms with van der Waals surface area (Å²) in [6, 6.07) is -0.874. The molecule has 24 heavy (non-hydrogen) atoms. The molecule has 0 aliphatic carbocycles. The Kier molecular flexibility index (Phi) is 7.66. The highest BCUT2D eigenvalue weighted by Gasteiger charge is 2.38. The molecular formula is C17H30N2O5. The predicted octanol–water partition coefficient (Wildman–Crippen LogP) is 2.13. The van der Waals surface area contributed by atoms with Crippen LogP contribution in [0.1, 0.15) is 65.7 Å². The Hall–Kier alpha value is -1.63. The molecule has 3 amide bonds. The van der Waals surface area contributed by atoms with E-state index in [-0.39, 0.29) is 17.7 Å². The number of carboxylic acids is 1. The van der Waals surface area contributed by atoms with E-state index in [0.29, 0.717) is 25.8 Å². The van der Waals surface area contributed by atoms with Crippen LogP contribution in [0.4, 0.5) is 4.79 Å². The second-order valence-corrected chi connectivity index (χ2v) is 7.52. The summed E-state index contributed by atoms with van der Waals surface area (Å²) in [4.78, 5) is 35.8. The number of imide groups is 1. The van der Waals surface area contributed by atoms with Gasteiger partial charge < -0.3 is 15.1 Å². The van der Waals surface area contributed by atoms with Crippen LogP contribution in [0.5, 0.6) is 0 Å². The minimum atomic E-state index is -0.792. The van der Waals surface area contributed by atoms with Gasteiger partial charge in [0.25, 0.3) is 5.91 Å². The maximum atomic E-state index is 11.9. The smallest absolute Gasteiger partial charge is 0.324 e. The van der Waals surface area contributed by atoms with Gasteiger partial charge in [0, 0.05) is 13.0 Å². The molecule has 0 aromatic rings. The van der Waals surface area contributed by atoms with Crippen molar-refractivity contribution in [2.24, 2.45) is 5.41 Å². The fourth-order valence-electron chi connectivity index (χ4n) is 2.75. The summed E-state index contributed by atoms with van der Waals surface area (Å²) in [5, 5.41) is 21.0. The monoisotopic (exact) mass is 342 g/mol. The Bertz CT molecular complexity index is 458. The molecule has 7 nitrogen and oxygen atoms in total. The Labute approximate surface area is 143 Å². The SMILES string of the molecule is CC(C)(C)C(O)CCN1C(=O)NC(=O)C1CCCCCCC(=O)O. The van der Waals surface area contributed by atoms with Gasteiger partial charge in [0.1, 0.15) is 6.04 Å². The Morgan fingerprint density at radius 2 is 1.83 bits per heavy atom. The molecule has 1 heterocycles. The molecule has 1 saturated heterocycles. The number of carbonyl (C=O) groups excluding carboxylic acids is 2. The van der Waals surface area contributed by atoms with Gasteiger partial charge in [-0.15, -0.1) is 0 Å². The van der Waals surface area contributed by atoms with Crippen LogP contribution in [0.15, 0.2) is 0 Å². The van der Waals surface area contributed by atoms with Crippen LogP contribution in [-0.4, -0.2) is 51.7 Å². The zero-order chi connectivity index (χ0) is 18.3. The van der Waals surface area contributed by atoms with E-state index in [4.69, 9.17) is 5.11 Å². The number of amides is 3. The first kappa shape index (κ1) is 20.4. The second-order valence-electron chi connectivity index (χ2n) is 7.52. The maximum Gasteiger partial charge on any atom is 0.324 e. The highest BCUT2D eigenvalue weighted by Crippen LogP contribution is 2.23. The molecule has 0 saturated carbocycles. The lowest BCUT2D eigenvalue weighted by molar-refractivity contribution is -0.137. The minimum absolute atomic E-state index is 0.166. The van der Waals surface area contributed by atoms with Gasteiger partial charge in [-0.2, -0.15) is 0 Å². The van der Waals surface area contributed by atoms with Crippen LogP contribution in [0.25, 0.3) is 0 Å². The van der Waals surface area contributed by atoms with Gasteiger partial charge in [-0.05, 0) is 24.7 Å². The van der Waals surface area contributed by atoms with Crippen molar-refractivity contribution in [3.8, 4) is 0 Å². The number of hydrogen-bond donors (Lipinski definition) is 3. The number of aliphatic carboxylic acids is 1. The van der Waals surface area contributed by atoms with E-state index in [1.54, 1.807) is 0 Å². The number of hydrogen-bond acceptors (Lipinski definition) is 4. The van der Waals surface area contributed by atoms with Gasteiger partial charge in [0.05, 0.1) is 6.10 Å². The zero-order valence-corrected chi connectivity index (χ0v) is 14.9. The molecule has 2 atom stereocenters. The van der Waals surface area contributed by atoms with Crippen LogP contribution >= 0.6 is 0 Å². The lowest BCUT2D eigenvalue weighted by atomic mass is 9.87. The molecule has 1 aliphatic rings. The summed E-state index contributed by atoms with van der Waals surface area (Å²) in [6.45, 7) is 6.14. The van der Waals surface area contributed by atoms with Crippen molar-refractivity contribution in [2.45, 2.75) is 77.9 Å². The lowest BCUT2D eigenvalue weighted by Crippen LogP contribution is -2.39. The molecule has 0 aromatic heterocycles. The minimum Gasteiger partial charge on any atom is -0.481 e. The molecule has 0 spiro atoms. The van der Waals surface area contributed by atoms with Crippen LogP contribution in [0, 0.1) is 5.41 Å². The van der Waals surface area contributed by atoms with E-state index >= 15 is 0 Å². The Balaban J connectivity index is 2.41. The number of carboxylic acid groups (broad SMARTS) is 1. The van der Waals surface area contributed by atoms with Gasteiger partial charge in [-0.1, -0.05) is 40.0 Å². The topological polar surface area (TPSA) is 107 Å². The molecule has 0 bridgehead atoms. The predicted molar refractivity (Wildman–Crippen MR) is 89.4 cm³/mol. The standard InChI is InChI=1S/C17H30N2O5/c1-17(2,3)13(20)10-11-19-12(15(23)18-16(19)24)8-6-4-5-7-9-14(21)22/h12-13,20H,4-11H2,1-3H3,(H,21,22)(H,18,23,24). The first-order valence-corrected chi connectivity index (χ1v) is 8.64. The molecule has 1 rings (SSSR count). The average Bonchev–Trinajstić information content (AvgIpc) is 2.72. The van der Waals surface area contributed by atoms with E-state index in [1.165, 1.54) is 4.90 Å². The summed E-state index contributed by atoms with van der Waals surface area (Å²) in [5.41, 5.74) is -0.264. The third-order valence-corrected chi connectivity index (χ3v) is 4.43.